The number of hydrogen-bond donors (Lipinski definition) is 1. The number of rotatable bonds is 4. The molecule has 0 aliphatic carbocycles. The Morgan fingerprint density at radius 1 is 1.53 bits per heavy atom. The third-order valence-electron chi connectivity index (χ3n) is 2.25. The summed E-state index contributed by atoms with van der Waals surface area (Å²) in [6, 6.07) is 1.19. The van der Waals surface area contributed by atoms with Gasteiger partial charge in [-0.25, -0.2) is 9.18 Å². The van der Waals surface area contributed by atoms with Gasteiger partial charge in [0.25, 0.3) is 0 Å². The Labute approximate surface area is 119 Å². The Kier molecular flexibility index (Phi) is 6.62. The molecular formula is C11H12Cl2F3NO2. The Morgan fingerprint density at radius 2 is 2.11 bits per heavy atom. The van der Waals surface area contributed by atoms with Crippen molar-refractivity contribution in [2.75, 3.05) is 6.61 Å². The highest BCUT2D eigenvalue weighted by Crippen LogP contribution is 2.35. The summed E-state index contributed by atoms with van der Waals surface area (Å²) in [5, 5.41) is -0.272. The molecule has 2 N–H and O–H groups in total. The number of benzene rings is 1. The zero-order chi connectivity index (χ0) is 13.9. The van der Waals surface area contributed by atoms with Crippen LogP contribution in [0.5, 0.6) is 0 Å². The van der Waals surface area contributed by atoms with E-state index in [2.05, 4.69) is 4.74 Å². The van der Waals surface area contributed by atoms with Crippen LogP contribution in [0.3, 0.4) is 0 Å². The first-order chi connectivity index (χ1) is 8.32. The number of hydrogen-bond acceptors (Lipinski definition) is 3. The molecule has 1 rings (SSSR count). The highest BCUT2D eigenvalue weighted by Gasteiger charge is 2.49. The fourth-order valence-corrected chi connectivity index (χ4v) is 1.62. The summed E-state index contributed by atoms with van der Waals surface area (Å²) < 4.78 is 44.9. The van der Waals surface area contributed by atoms with Crippen molar-refractivity contribution in [2.45, 2.75) is 18.9 Å². The van der Waals surface area contributed by atoms with Gasteiger partial charge in [0.1, 0.15) is 11.9 Å². The van der Waals surface area contributed by atoms with Gasteiger partial charge in [-0.2, -0.15) is 8.78 Å². The van der Waals surface area contributed by atoms with Crippen molar-refractivity contribution in [3.05, 3.63) is 34.6 Å². The highest BCUT2D eigenvalue weighted by molar-refractivity contribution is 6.31. The summed E-state index contributed by atoms with van der Waals surface area (Å²) in [5.74, 6) is -6.86. The third kappa shape index (κ3) is 3.75. The number of ether oxygens (including phenoxy) is 1. The van der Waals surface area contributed by atoms with E-state index in [0.717, 1.165) is 6.07 Å². The van der Waals surface area contributed by atoms with E-state index in [1.54, 1.807) is 0 Å². The maximum absolute atomic E-state index is 13.6. The summed E-state index contributed by atoms with van der Waals surface area (Å²) in [6.07, 6.45) is 0. The lowest BCUT2D eigenvalue weighted by Crippen LogP contribution is -2.42. The minimum atomic E-state index is -4.05. The molecule has 1 aromatic rings. The van der Waals surface area contributed by atoms with Crippen molar-refractivity contribution in [3.8, 4) is 0 Å². The second kappa shape index (κ2) is 6.98. The van der Waals surface area contributed by atoms with Gasteiger partial charge < -0.3 is 10.5 Å². The number of halogens is 5. The molecule has 0 saturated carbocycles. The van der Waals surface area contributed by atoms with Crippen LogP contribution in [-0.4, -0.2) is 18.5 Å². The monoisotopic (exact) mass is 317 g/mol. The molecule has 0 heterocycles. The number of esters is 1. The Bertz CT molecular complexity index is 437. The van der Waals surface area contributed by atoms with Crippen LogP contribution >= 0.6 is 24.0 Å². The molecule has 1 atom stereocenters. The van der Waals surface area contributed by atoms with E-state index in [-0.39, 0.29) is 24.0 Å². The molecule has 0 bridgehead atoms. The summed E-state index contributed by atoms with van der Waals surface area (Å²) in [5.41, 5.74) is 4.62. The first kappa shape index (κ1) is 18.0. The average molecular weight is 318 g/mol. The summed E-state index contributed by atoms with van der Waals surface area (Å²) in [7, 11) is 0. The molecule has 1 aromatic carbocycles. The highest BCUT2D eigenvalue weighted by atomic mass is 35.5. The zero-order valence-corrected chi connectivity index (χ0v) is 11.4. The van der Waals surface area contributed by atoms with E-state index in [9.17, 15) is 18.0 Å². The molecule has 0 saturated heterocycles. The first-order valence-electron chi connectivity index (χ1n) is 5.06. The summed E-state index contributed by atoms with van der Waals surface area (Å²) in [4.78, 5) is 11.1. The zero-order valence-electron chi connectivity index (χ0n) is 9.83. The van der Waals surface area contributed by atoms with Gasteiger partial charge >= 0.3 is 11.9 Å². The predicted molar refractivity (Wildman–Crippen MR) is 67.2 cm³/mol. The minimum absolute atomic E-state index is 0. The van der Waals surface area contributed by atoms with E-state index in [1.165, 1.54) is 19.1 Å². The van der Waals surface area contributed by atoms with Crippen LogP contribution < -0.4 is 5.73 Å². The van der Waals surface area contributed by atoms with Crippen LogP contribution in [0.4, 0.5) is 13.2 Å². The molecule has 0 radical (unpaired) electrons. The van der Waals surface area contributed by atoms with E-state index in [1.807, 2.05) is 0 Å². The molecule has 3 nitrogen and oxygen atoms in total. The number of carbonyl (C=O) groups is 1. The van der Waals surface area contributed by atoms with Crippen molar-refractivity contribution < 1.29 is 22.7 Å². The van der Waals surface area contributed by atoms with E-state index < -0.39 is 29.3 Å². The predicted octanol–water partition coefficient (Wildman–Crippen LogP) is 3.10. The van der Waals surface area contributed by atoms with Gasteiger partial charge in [0.05, 0.1) is 6.61 Å². The molecule has 19 heavy (non-hydrogen) atoms. The van der Waals surface area contributed by atoms with E-state index in [4.69, 9.17) is 17.3 Å². The molecule has 0 aliphatic rings. The van der Waals surface area contributed by atoms with Crippen LogP contribution in [0.25, 0.3) is 0 Å². The Hall–Kier alpha value is -0.980. The second-order valence-corrected chi connectivity index (χ2v) is 3.86. The fraction of sp³-hybridized carbons (Fsp3) is 0.364. The van der Waals surface area contributed by atoms with Crippen molar-refractivity contribution in [1.29, 1.82) is 0 Å². The van der Waals surface area contributed by atoms with Crippen LogP contribution in [0, 0.1) is 5.82 Å². The number of alkyl halides is 2. The van der Waals surface area contributed by atoms with Crippen molar-refractivity contribution in [3.63, 3.8) is 0 Å². The second-order valence-electron chi connectivity index (χ2n) is 3.46. The van der Waals surface area contributed by atoms with E-state index in [0.29, 0.717) is 0 Å². The summed E-state index contributed by atoms with van der Waals surface area (Å²) in [6.45, 7) is 1.14. The van der Waals surface area contributed by atoms with Crippen LogP contribution in [0.15, 0.2) is 18.2 Å². The van der Waals surface area contributed by atoms with Gasteiger partial charge in [-0.15, -0.1) is 12.4 Å². The lowest BCUT2D eigenvalue weighted by Gasteiger charge is -2.22. The van der Waals surface area contributed by atoms with Crippen LogP contribution in [-0.2, 0) is 9.53 Å². The molecule has 8 heteroatoms. The number of nitrogens with two attached hydrogens (primary N) is 1. The molecular weight excluding hydrogens is 306 g/mol. The maximum Gasteiger partial charge on any atom is 0.379 e. The lowest BCUT2D eigenvalue weighted by atomic mass is 10.0. The van der Waals surface area contributed by atoms with Crippen molar-refractivity contribution in [2.24, 2.45) is 5.73 Å². The van der Waals surface area contributed by atoms with Gasteiger partial charge in [0.15, 0.2) is 0 Å². The number of carbonyl (C=O) groups excluding carboxylic acids is 1. The molecule has 0 spiro atoms. The quantitative estimate of drug-likeness (QED) is 0.868. The molecule has 0 fully saturated rings. The smallest absolute Gasteiger partial charge is 0.379 e. The normalized spacial score (nSPS) is 12.5. The fourth-order valence-electron chi connectivity index (χ4n) is 1.34. The molecule has 0 amide bonds. The SMILES string of the molecule is CCOC(=O)C(F)(F)[C@@H](N)c1c(F)cccc1Cl.Cl. The maximum atomic E-state index is 13.6. The first-order valence-corrected chi connectivity index (χ1v) is 5.44. The van der Waals surface area contributed by atoms with Crippen molar-refractivity contribution in [1.82, 2.24) is 0 Å². The Morgan fingerprint density at radius 3 is 2.58 bits per heavy atom. The third-order valence-corrected chi connectivity index (χ3v) is 2.58. The van der Waals surface area contributed by atoms with Crippen LogP contribution in [0.1, 0.15) is 18.5 Å². The minimum Gasteiger partial charge on any atom is -0.462 e. The molecule has 0 aliphatic heterocycles. The van der Waals surface area contributed by atoms with Gasteiger partial charge in [-0.1, -0.05) is 17.7 Å². The average Bonchev–Trinajstić information content (AvgIpc) is 2.28. The molecule has 0 aromatic heterocycles. The largest absolute Gasteiger partial charge is 0.462 e. The van der Waals surface area contributed by atoms with E-state index >= 15 is 0 Å². The van der Waals surface area contributed by atoms with Gasteiger partial charge in [-0.3, -0.25) is 0 Å². The molecule has 0 unspecified atom stereocenters. The van der Waals surface area contributed by atoms with Crippen LogP contribution in [0.2, 0.25) is 5.02 Å². The standard InChI is InChI=1S/C11H11ClF3NO2.ClH/c1-2-18-10(17)11(14,15)9(16)8-6(12)4-3-5-7(8)13;/h3-5,9H,2,16H2,1H3;1H/t9-;/m0./s1. The Balaban J connectivity index is 0.00000324. The van der Waals surface area contributed by atoms with Crippen molar-refractivity contribution >= 4 is 30.0 Å². The van der Waals surface area contributed by atoms with Gasteiger partial charge in [-0.05, 0) is 19.1 Å². The summed E-state index contributed by atoms with van der Waals surface area (Å²) >= 11 is 5.61. The van der Waals surface area contributed by atoms with Gasteiger partial charge in [0, 0.05) is 10.6 Å². The molecule has 108 valence electrons. The topological polar surface area (TPSA) is 52.3 Å². The lowest BCUT2D eigenvalue weighted by molar-refractivity contribution is -0.174. The van der Waals surface area contributed by atoms with Gasteiger partial charge in [0.2, 0.25) is 0 Å².